The number of hydrogen-bond acceptors (Lipinski definition) is 1. The first-order valence-electron chi connectivity index (χ1n) is 2.71. The summed E-state index contributed by atoms with van der Waals surface area (Å²) in [7, 11) is 0. The quantitative estimate of drug-likeness (QED) is 0.432. The van der Waals surface area contributed by atoms with E-state index in [1.165, 1.54) is 6.08 Å². The summed E-state index contributed by atoms with van der Waals surface area (Å²) >= 11 is 0. The maximum atomic E-state index is 10.3. The van der Waals surface area contributed by atoms with E-state index in [1.807, 2.05) is 6.92 Å². The fourth-order valence-corrected chi connectivity index (χ4v) is 0.320. The first kappa shape index (κ1) is 11.9. The summed E-state index contributed by atoms with van der Waals surface area (Å²) in [5.74, 6) is -0.0909. The Bertz CT molecular complexity index is 93.1. The van der Waals surface area contributed by atoms with Crippen molar-refractivity contribution in [3.8, 4) is 0 Å². The minimum absolute atomic E-state index is 0. The van der Waals surface area contributed by atoms with Gasteiger partial charge in [0, 0.05) is 6.54 Å². The van der Waals surface area contributed by atoms with Gasteiger partial charge in [-0.05, 0) is 12.5 Å². The third-order valence-electron chi connectivity index (χ3n) is 0.735. The van der Waals surface area contributed by atoms with Gasteiger partial charge < -0.3 is 5.32 Å². The van der Waals surface area contributed by atoms with Gasteiger partial charge in [-0.15, -0.1) is 0 Å². The summed E-state index contributed by atoms with van der Waals surface area (Å²) < 4.78 is 0. The third kappa shape index (κ3) is 8.21. The summed E-state index contributed by atoms with van der Waals surface area (Å²) in [5.41, 5.74) is 0. The number of rotatable bonds is 3. The Balaban J connectivity index is 0. The topological polar surface area (TPSA) is 29.1 Å². The van der Waals surface area contributed by atoms with Gasteiger partial charge in [0.15, 0.2) is 0 Å². The predicted octanol–water partition coefficient (Wildman–Crippen LogP) is 0.0501. The molecule has 1 N–H and O–H groups in total. The van der Waals surface area contributed by atoms with Gasteiger partial charge in [-0.25, -0.2) is 0 Å². The van der Waals surface area contributed by atoms with Crippen molar-refractivity contribution in [3.05, 3.63) is 12.7 Å². The van der Waals surface area contributed by atoms with E-state index in [2.05, 4.69) is 11.9 Å². The average molecular weight is 137 g/mol. The number of carbonyl (C=O) groups is 1. The molecule has 0 atom stereocenters. The van der Waals surface area contributed by atoms with Crippen LogP contribution in [0.5, 0.6) is 0 Å². The molecular weight excluding hydrogens is 125 g/mol. The van der Waals surface area contributed by atoms with Crippen LogP contribution < -0.4 is 5.32 Å². The van der Waals surface area contributed by atoms with Crippen LogP contribution in [0.3, 0.4) is 0 Å². The Morgan fingerprint density at radius 3 is 2.67 bits per heavy atom. The Hall–Kier alpha value is 0.210. The molecule has 0 fully saturated rings. The van der Waals surface area contributed by atoms with Crippen LogP contribution >= 0.6 is 0 Å². The second kappa shape index (κ2) is 8.21. The van der Waals surface area contributed by atoms with Gasteiger partial charge in [0.2, 0.25) is 5.91 Å². The van der Waals surface area contributed by atoms with E-state index < -0.39 is 0 Å². The molecule has 0 aliphatic heterocycles. The Labute approximate surface area is 78.0 Å². The summed E-state index contributed by atoms with van der Waals surface area (Å²) in [6, 6.07) is 0. The minimum atomic E-state index is -0.0909. The molecule has 0 heterocycles. The van der Waals surface area contributed by atoms with E-state index in [9.17, 15) is 4.79 Å². The monoisotopic (exact) mass is 137 g/mol. The van der Waals surface area contributed by atoms with Crippen molar-refractivity contribution in [1.29, 1.82) is 0 Å². The molecule has 0 aliphatic carbocycles. The van der Waals surface area contributed by atoms with E-state index >= 15 is 0 Å². The zero-order chi connectivity index (χ0) is 6.41. The van der Waals surface area contributed by atoms with Gasteiger partial charge in [-0.3, -0.25) is 4.79 Å². The van der Waals surface area contributed by atoms with Crippen molar-refractivity contribution in [2.24, 2.45) is 0 Å². The summed E-state index contributed by atoms with van der Waals surface area (Å²) in [6.45, 7) is 6.05. The standard InChI is InChI=1S/C6H11NO.Na.H/c1-3-5-7-6(8)4-2;;/h4H,2-3,5H2,1H3,(H,7,8);;. The van der Waals surface area contributed by atoms with Crippen molar-refractivity contribution >= 4 is 35.5 Å². The second-order valence-corrected chi connectivity index (χ2v) is 1.50. The molecule has 0 unspecified atom stereocenters. The van der Waals surface area contributed by atoms with Crippen molar-refractivity contribution in [3.63, 3.8) is 0 Å². The molecule has 0 aromatic rings. The average Bonchev–Trinajstić information content (AvgIpc) is 1.83. The Morgan fingerprint density at radius 2 is 2.33 bits per heavy atom. The predicted molar refractivity (Wildman–Crippen MR) is 40.6 cm³/mol. The van der Waals surface area contributed by atoms with Crippen LogP contribution in [0.25, 0.3) is 0 Å². The van der Waals surface area contributed by atoms with Crippen LogP contribution in [0, 0.1) is 0 Å². The molecule has 0 aromatic carbocycles. The fourth-order valence-electron chi connectivity index (χ4n) is 0.320. The fraction of sp³-hybridized carbons (Fsp3) is 0.500. The molecule has 0 spiro atoms. The van der Waals surface area contributed by atoms with Gasteiger partial charge in [0.25, 0.3) is 0 Å². The van der Waals surface area contributed by atoms with Gasteiger partial charge in [-0.1, -0.05) is 13.5 Å². The van der Waals surface area contributed by atoms with Crippen LogP contribution in [0.2, 0.25) is 0 Å². The molecule has 0 radical (unpaired) electrons. The van der Waals surface area contributed by atoms with Gasteiger partial charge in [0.05, 0.1) is 0 Å². The maximum absolute atomic E-state index is 10.3. The molecule has 0 aromatic heterocycles. The first-order chi connectivity index (χ1) is 3.81. The van der Waals surface area contributed by atoms with Crippen LogP contribution in [0.1, 0.15) is 13.3 Å². The first-order valence-corrected chi connectivity index (χ1v) is 2.71. The Morgan fingerprint density at radius 1 is 1.78 bits per heavy atom. The number of amides is 1. The molecule has 0 aliphatic rings. The van der Waals surface area contributed by atoms with Crippen LogP contribution in [-0.2, 0) is 4.79 Å². The number of nitrogens with one attached hydrogen (secondary N) is 1. The summed E-state index contributed by atoms with van der Waals surface area (Å²) in [6.07, 6.45) is 2.25. The molecule has 2 nitrogen and oxygen atoms in total. The van der Waals surface area contributed by atoms with E-state index in [0.717, 1.165) is 13.0 Å². The van der Waals surface area contributed by atoms with Gasteiger partial charge in [-0.2, -0.15) is 0 Å². The van der Waals surface area contributed by atoms with Crippen LogP contribution in [-0.4, -0.2) is 42.0 Å². The van der Waals surface area contributed by atoms with E-state index in [1.54, 1.807) is 0 Å². The molecule has 3 heteroatoms. The van der Waals surface area contributed by atoms with Crippen molar-refractivity contribution < 1.29 is 4.79 Å². The van der Waals surface area contributed by atoms with Gasteiger partial charge in [0.1, 0.15) is 0 Å². The SMILES string of the molecule is C=CC(=O)NCCC.[NaH]. The van der Waals surface area contributed by atoms with E-state index in [-0.39, 0.29) is 35.5 Å². The van der Waals surface area contributed by atoms with Gasteiger partial charge >= 0.3 is 29.6 Å². The van der Waals surface area contributed by atoms with E-state index in [4.69, 9.17) is 0 Å². The normalized spacial score (nSPS) is 7.22. The molecule has 0 saturated heterocycles. The third-order valence-corrected chi connectivity index (χ3v) is 0.735. The van der Waals surface area contributed by atoms with Crippen molar-refractivity contribution in [1.82, 2.24) is 5.32 Å². The van der Waals surface area contributed by atoms with Crippen molar-refractivity contribution in [2.75, 3.05) is 6.54 Å². The Kier molecular flexibility index (Phi) is 10.9. The van der Waals surface area contributed by atoms with Crippen LogP contribution in [0.4, 0.5) is 0 Å². The zero-order valence-corrected chi connectivity index (χ0v) is 5.11. The van der Waals surface area contributed by atoms with Crippen LogP contribution in [0.15, 0.2) is 12.7 Å². The molecular formula is C6H12NNaO. The molecule has 0 bridgehead atoms. The molecule has 0 saturated carbocycles. The second-order valence-electron chi connectivity index (χ2n) is 1.50. The zero-order valence-electron chi connectivity index (χ0n) is 5.11. The molecule has 1 amide bonds. The summed E-state index contributed by atoms with van der Waals surface area (Å²) in [5, 5.41) is 2.62. The molecule has 48 valence electrons. The van der Waals surface area contributed by atoms with Crippen molar-refractivity contribution in [2.45, 2.75) is 13.3 Å². The molecule has 9 heavy (non-hydrogen) atoms. The molecule has 0 rings (SSSR count). The summed E-state index contributed by atoms with van der Waals surface area (Å²) in [4.78, 5) is 10.3. The number of hydrogen-bond donors (Lipinski definition) is 1. The van der Waals surface area contributed by atoms with E-state index in [0.29, 0.717) is 0 Å². The number of carbonyl (C=O) groups excluding carboxylic acids is 1.